The number of nitrogens with zero attached hydrogens (tertiary/aromatic N) is 1. The van der Waals surface area contributed by atoms with Crippen molar-refractivity contribution in [3.05, 3.63) is 0 Å². The largest absolute Gasteiger partial charge is 0.395 e. The minimum Gasteiger partial charge on any atom is -0.395 e. The zero-order valence-corrected chi connectivity index (χ0v) is 6.04. The SMILES string of the molecule is CCC1CON=C(C=O)C1. The third-order valence-corrected chi connectivity index (χ3v) is 1.70. The van der Waals surface area contributed by atoms with E-state index in [0.29, 0.717) is 18.2 Å². The summed E-state index contributed by atoms with van der Waals surface area (Å²) in [4.78, 5) is 15.0. The Morgan fingerprint density at radius 3 is 3.30 bits per heavy atom. The second kappa shape index (κ2) is 3.34. The Labute approximate surface area is 60.0 Å². The van der Waals surface area contributed by atoms with E-state index in [1.165, 1.54) is 0 Å². The van der Waals surface area contributed by atoms with Crippen LogP contribution in [0.2, 0.25) is 0 Å². The van der Waals surface area contributed by atoms with Gasteiger partial charge in [0.2, 0.25) is 0 Å². The molecule has 3 heteroatoms. The molecule has 1 aliphatic heterocycles. The zero-order valence-electron chi connectivity index (χ0n) is 6.04. The van der Waals surface area contributed by atoms with Crippen molar-refractivity contribution in [1.82, 2.24) is 0 Å². The Bertz CT molecular complexity index is 154. The predicted octanol–water partition coefficient (Wildman–Crippen LogP) is 0.988. The van der Waals surface area contributed by atoms with Gasteiger partial charge < -0.3 is 4.84 Å². The molecule has 0 bridgehead atoms. The van der Waals surface area contributed by atoms with Crippen LogP contribution in [0.15, 0.2) is 5.16 Å². The van der Waals surface area contributed by atoms with Crippen molar-refractivity contribution < 1.29 is 9.63 Å². The lowest BCUT2D eigenvalue weighted by molar-refractivity contribution is -0.103. The second-order valence-electron chi connectivity index (χ2n) is 2.47. The molecule has 56 valence electrons. The molecule has 1 unspecified atom stereocenters. The van der Waals surface area contributed by atoms with E-state index in [-0.39, 0.29) is 0 Å². The van der Waals surface area contributed by atoms with Crippen molar-refractivity contribution in [3.63, 3.8) is 0 Å². The molecule has 1 atom stereocenters. The highest BCUT2D eigenvalue weighted by Gasteiger charge is 2.15. The lowest BCUT2D eigenvalue weighted by atomic mass is 10.0. The molecule has 0 aromatic rings. The summed E-state index contributed by atoms with van der Waals surface area (Å²) in [6.45, 7) is 2.75. The fourth-order valence-corrected chi connectivity index (χ4v) is 0.949. The molecular weight excluding hydrogens is 130 g/mol. The molecule has 0 fully saturated rings. The van der Waals surface area contributed by atoms with Gasteiger partial charge in [0.1, 0.15) is 12.3 Å². The van der Waals surface area contributed by atoms with Crippen LogP contribution in [0, 0.1) is 5.92 Å². The monoisotopic (exact) mass is 141 g/mol. The molecule has 0 saturated carbocycles. The summed E-state index contributed by atoms with van der Waals surface area (Å²) in [5, 5.41) is 3.59. The molecule has 0 spiro atoms. The summed E-state index contributed by atoms with van der Waals surface area (Å²) in [6.07, 6.45) is 2.59. The number of carbonyl (C=O) groups is 1. The average Bonchev–Trinajstić information content (AvgIpc) is 2.05. The van der Waals surface area contributed by atoms with Gasteiger partial charge in [0.05, 0.1) is 0 Å². The first kappa shape index (κ1) is 7.25. The van der Waals surface area contributed by atoms with Crippen molar-refractivity contribution in [2.45, 2.75) is 19.8 Å². The summed E-state index contributed by atoms with van der Waals surface area (Å²) in [7, 11) is 0. The first-order chi connectivity index (χ1) is 4.86. The Balaban J connectivity index is 2.48. The van der Waals surface area contributed by atoms with Crippen LogP contribution in [0.25, 0.3) is 0 Å². The van der Waals surface area contributed by atoms with Crippen LogP contribution in [0.5, 0.6) is 0 Å². The van der Waals surface area contributed by atoms with E-state index >= 15 is 0 Å². The second-order valence-corrected chi connectivity index (χ2v) is 2.47. The molecule has 0 aliphatic carbocycles. The van der Waals surface area contributed by atoms with E-state index in [4.69, 9.17) is 4.84 Å². The number of aldehydes is 1. The maximum Gasteiger partial charge on any atom is 0.167 e. The summed E-state index contributed by atoms with van der Waals surface area (Å²) in [5.41, 5.74) is 0.540. The van der Waals surface area contributed by atoms with Crippen molar-refractivity contribution in [2.24, 2.45) is 11.1 Å². The first-order valence-electron chi connectivity index (χ1n) is 3.50. The molecule has 0 saturated heterocycles. The Hall–Kier alpha value is -0.860. The van der Waals surface area contributed by atoms with Crippen molar-refractivity contribution >= 4 is 12.0 Å². The van der Waals surface area contributed by atoms with Gasteiger partial charge in [-0.15, -0.1) is 0 Å². The van der Waals surface area contributed by atoms with Gasteiger partial charge in [-0.05, 0) is 6.42 Å². The number of hydrogen-bond donors (Lipinski definition) is 0. The fourth-order valence-electron chi connectivity index (χ4n) is 0.949. The molecule has 0 N–H and O–H groups in total. The highest BCUT2D eigenvalue weighted by molar-refractivity contribution is 6.28. The van der Waals surface area contributed by atoms with E-state index in [2.05, 4.69) is 12.1 Å². The van der Waals surface area contributed by atoms with Crippen molar-refractivity contribution in [2.75, 3.05) is 6.61 Å². The van der Waals surface area contributed by atoms with Crippen LogP contribution in [0.4, 0.5) is 0 Å². The van der Waals surface area contributed by atoms with E-state index in [0.717, 1.165) is 19.1 Å². The molecule has 0 amide bonds. The minimum absolute atomic E-state index is 0.484. The quantitative estimate of drug-likeness (QED) is 0.538. The smallest absolute Gasteiger partial charge is 0.167 e. The van der Waals surface area contributed by atoms with Crippen LogP contribution in [0.3, 0.4) is 0 Å². The lowest BCUT2D eigenvalue weighted by Gasteiger charge is -2.16. The van der Waals surface area contributed by atoms with Crippen molar-refractivity contribution in [1.29, 1.82) is 0 Å². The molecule has 0 aromatic carbocycles. The van der Waals surface area contributed by atoms with Gasteiger partial charge in [-0.25, -0.2) is 0 Å². The molecule has 1 heterocycles. The molecule has 1 aliphatic rings. The Morgan fingerprint density at radius 1 is 1.90 bits per heavy atom. The Morgan fingerprint density at radius 2 is 2.70 bits per heavy atom. The van der Waals surface area contributed by atoms with Crippen molar-refractivity contribution in [3.8, 4) is 0 Å². The van der Waals surface area contributed by atoms with Crippen LogP contribution in [-0.4, -0.2) is 18.6 Å². The van der Waals surface area contributed by atoms with Gasteiger partial charge in [-0.1, -0.05) is 12.1 Å². The van der Waals surface area contributed by atoms with Gasteiger partial charge in [0.25, 0.3) is 0 Å². The molecule has 10 heavy (non-hydrogen) atoms. The van der Waals surface area contributed by atoms with Gasteiger partial charge in [0, 0.05) is 12.3 Å². The normalized spacial score (nSPS) is 24.9. The number of carbonyl (C=O) groups excluding carboxylic acids is 1. The lowest BCUT2D eigenvalue weighted by Crippen LogP contribution is -2.19. The number of hydrogen-bond acceptors (Lipinski definition) is 3. The predicted molar refractivity (Wildman–Crippen MR) is 37.8 cm³/mol. The average molecular weight is 141 g/mol. The van der Waals surface area contributed by atoms with Crippen LogP contribution < -0.4 is 0 Å². The van der Waals surface area contributed by atoms with E-state index in [9.17, 15) is 4.79 Å². The first-order valence-corrected chi connectivity index (χ1v) is 3.50. The van der Waals surface area contributed by atoms with Gasteiger partial charge in [0.15, 0.2) is 6.29 Å². The summed E-state index contributed by atoms with van der Waals surface area (Å²) in [6, 6.07) is 0. The molecule has 0 radical (unpaired) electrons. The maximum atomic E-state index is 10.2. The summed E-state index contributed by atoms with van der Waals surface area (Å²) >= 11 is 0. The molecule has 0 aromatic heterocycles. The number of rotatable bonds is 2. The standard InChI is InChI=1S/C7H11NO2/c1-2-6-3-7(4-9)8-10-5-6/h4,6H,2-3,5H2,1H3. The van der Waals surface area contributed by atoms with Crippen LogP contribution in [-0.2, 0) is 9.63 Å². The fraction of sp³-hybridized carbons (Fsp3) is 0.714. The molecule has 3 nitrogen and oxygen atoms in total. The summed E-state index contributed by atoms with van der Waals surface area (Å²) < 4.78 is 0. The van der Waals surface area contributed by atoms with Gasteiger partial charge in [-0.2, -0.15) is 0 Å². The van der Waals surface area contributed by atoms with Crippen LogP contribution >= 0.6 is 0 Å². The maximum absolute atomic E-state index is 10.2. The Kier molecular flexibility index (Phi) is 2.42. The third kappa shape index (κ3) is 1.56. The third-order valence-electron chi connectivity index (χ3n) is 1.70. The topological polar surface area (TPSA) is 38.7 Å². The van der Waals surface area contributed by atoms with Gasteiger partial charge >= 0.3 is 0 Å². The highest BCUT2D eigenvalue weighted by Crippen LogP contribution is 2.13. The zero-order chi connectivity index (χ0) is 7.40. The number of oxime groups is 1. The van der Waals surface area contributed by atoms with E-state index < -0.39 is 0 Å². The van der Waals surface area contributed by atoms with Crippen LogP contribution in [0.1, 0.15) is 19.8 Å². The van der Waals surface area contributed by atoms with E-state index in [1.54, 1.807) is 0 Å². The molecular formula is C7H11NO2. The molecule has 1 rings (SSSR count). The van der Waals surface area contributed by atoms with E-state index in [1.807, 2.05) is 0 Å². The minimum atomic E-state index is 0.484. The summed E-state index contributed by atoms with van der Waals surface area (Å²) in [5.74, 6) is 0.484. The van der Waals surface area contributed by atoms with Gasteiger partial charge in [-0.3, -0.25) is 4.79 Å². The highest BCUT2D eigenvalue weighted by atomic mass is 16.6.